The Labute approximate surface area is 204 Å². The summed E-state index contributed by atoms with van der Waals surface area (Å²) >= 11 is 6.82. The van der Waals surface area contributed by atoms with Gasteiger partial charge in [-0.2, -0.15) is 0 Å². The summed E-state index contributed by atoms with van der Waals surface area (Å²) < 4.78 is 46.4. The number of halogens is 2. The standard InChI is InChI=1S/C22H20ClFN2O6S2/c1-2-32-22(29)17(11-13-5-3-6-16(23)20(13)24)25-21(28)15-9-8-14(12-18(15)27)26-34(30,31)19-7-4-10-33-19/h3-10,12,17,26-27H,2,11H2,1H3,(H,25,28). The van der Waals surface area contributed by atoms with E-state index >= 15 is 0 Å². The third kappa shape index (κ3) is 6.04. The van der Waals surface area contributed by atoms with Crippen LogP contribution in [0.4, 0.5) is 10.1 Å². The molecule has 8 nitrogen and oxygen atoms in total. The summed E-state index contributed by atoms with van der Waals surface area (Å²) in [6, 6.07) is 9.57. The minimum atomic E-state index is -3.85. The van der Waals surface area contributed by atoms with Gasteiger partial charge < -0.3 is 15.2 Å². The number of phenolic OH excluding ortho intramolecular Hbond substituents is 1. The number of hydrogen-bond acceptors (Lipinski definition) is 7. The third-order valence-electron chi connectivity index (χ3n) is 4.59. The number of nitrogens with one attached hydrogen (secondary N) is 2. The van der Waals surface area contributed by atoms with Gasteiger partial charge in [0.15, 0.2) is 0 Å². The molecule has 1 aromatic heterocycles. The van der Waals surface area contributed by atoms with Crippen LogP contribution >= 0.6 is 22.9 Å². The normalized spacial score (nSPS) is 12.1. The molecular formula is C22H20ClFN2O6S2. The van der Waals surface area contributed by atoms with Crippen LogP contribution in [0.5, 0.6) is 5.75 Å². The van der Waals surface area contributed by atoms with E-state index in [1.54, 1.807) is 18.4 Å². The van der Waals surface area contributed by atoms with Crippen molar-refractivity contribution in [2.75, 3.05) is 11.3 Å². The average molecular weight is 527 g/mol. The van der Waals surface area contributed by atoms with Crippen LogP contribution in [-0.2, 0) is 26.0 Å². The Morgan fingerprint density at radius 1 is 1.21 bits per heavy atom. The lowest BCUT2D eigenvalue weighted by Crippen LogP contribution is -2.43. The van der Waals surface area contributed by atoms with Gasteiger partial charge in [-0.15, -0.1) is 11.3 Å². The molecule has 0 spiro atoms. The summed E-state index contributed by atoms with van der Waals surface area (Å²) in [7, 11) is -3.85. The van der Waals surface area contributed by atoms with Gasteiger partial charge in [0, 0.05) is 12.5 Å². The van der Waals surface area contributed by atoms with Gasteiger partial charge in [0.05, 0.1) is 22.9 Å². The van der Waals surface area contributed by atoms with Crippen molar-refractivity contribution < 1.29 is 32.2 Å². The Bertz CT molecular complexity index is 1300. The van der Waals surface area contributed by atoms with E-state index in [4.69, 9.17) is 16.3 Å². The van der Waals surface area contributed by atoms with Crippen molar-refractivity contribution in [3.8, 4) is 5.75 Å². The minimum absolute atomic E-state index is 0.0328. The highest BCUT2D eigenvalue weighted by atomic mass is 35.5. The number of aromatic hydroxyl groups is 1. The predicted octanol–water partition coefficient (Wildman–Crippen LogP) is 3.95. The van der Waals surface area contributed by atoms with Gasteiger partial charge in [-0.1, -0.05) is 29.8 Å². The number of phenols is 1. The molecule has 0 fully saturated rings. The van der Waals surface area contributed by atoms with Gasteiger partial charge in [0.1, 0.15) is 21.8 Å². The van der Waals surface area contributed by atoms with Crippen molar-refractivity contribution in [2.24, 2.45) is 0 Å². The monoisotopic (exact) mass is 526 g/mol. The first-order valence-corrected chi connectivity index (χ1v) is 12.7. The van der Waals surface area contributed by atoms with Crippen molar-refractivity contribution >= 4 is 50.5 Å². The van der Waals surface area contributed by atoms with Gasteiger partial charge in [0.2, 0.25) is 0 Å². The number of thiophene rings is 1. The van der Waals surface area contributed by atoms with Gasteiger partial charge in [-0.25, -0.2) is 17.6 Å². The highest BCUT2D eigenvalue weighted by Crippen LogP contribution is 2.26. The number of esters is 1. The summed E-state index contributed by atoms with van der Waals surface area (Å²) in [5.41, 5.74) is -0.0984. The highest BCUT2D eigenvalue weighted by molar-refractivity contribution is 7.94. The first kappa shape index (κ1) is 25.5. The molecule has 1 amide bonds. The Kier molecular flexibility index (Phi) is 8.13. The zero-order valence-electron chi connectivity index (χ0n) is 17.7. The molecule has 1 atom stereocenters. The van der Waals surface area contributed by atoms with Crippen molar-refractivity contribution in [1.82, 2.24) is 5.32 Å². The molecule has 0 aliphatic carbocycles. The summed E-state index contributed by atoms with van der Waals surface area (Å²) in [5.74, 6) is -2.89. The fraction of sp³-hybridized carbons (Fsp3) is 0.182. The predicted molar refractivity (Wildman–Crippen MR) is 126 cm³/mol. The number of benzene rings is 2. The largest absolute Gasteiger partial charge is 0.507 e. The fourth-order valence-corrected chi connectivity index (χ4v) is 5.24. The second-order valence-corrected chi connectivity index (χ2v) is 10.2. The molecule has 0 bridgehead atoms. The molecule has 0 saturated heterocycles. The molecule has 1 unspecified atom stereocenters. The molecule has 3 rings (SSSR count). The van der Waals surface area contributed by atoms with Crippen LogP contribution in [0.15, 0.2) is 58.1 Å². The topological polar surface area (TPSA) is 122 Å². The molecule has 0 saturated carbocycles. The zero-order valence-corrected chi connectivity index (χ0v) is 20.1. The number of hydrogen-bond donors (Lipinski definition) is 3. The highest BCUT2D eigenvalue weighted by Gasteiger charge is 2.26. The molecule has 3 N–H and O–H groups in total. The SMILES string of the molecule is CCOC(=O)C(Cc1cccc(Cl)c1F)NC(=O)c1ccc(NS(=O)(=O)c2cccs2)cc1O. The lowest BCUT2D eigenvalue weighted by molar-refractivity contribution is -0.145. The fourth-order valence-electron chi connectivity index (χ4n) is 3.01. The van der Waals surface area contributed by atoms with Gasteiger partial charge in [0.25, 0.3) is 15.9 Å². The lowest BCUT2D eigenvalue weighted by atomic mass is 10.0. The summed E-state index contributed by atoms with van der Waals surface area (Å²) in [6.45, 7) is 1.62. The maximum Gasteiger partial charge on any atom is 0.328 e. The third-order valence-corrected chi connectivity index (χ3v) is 7.66. The zero-order chi connectivity index (χ0) is 24.9. The molecule has 3 aromatic rings. The summed E-state index contributed by atoms with van der Waals surface area (Å²) in [6.07, 6.45) is -0.240. The minimum Gasteiger partial charge on any atom is -0.507 e. The van der Waals surface area contributed by atoms with E-state index in [0.29, 0.717) is 0 Å². The molecule has 0 aliphatic rings. The van der Waals surface area contributed by atoms with E-state index in [1.165, 1.54) is 36.4 Å². The second-order valence-electron chi connectivity index (χ2n) is 6.96. The maximum atomic E-state index is 14.3. The number of amides is 1. The number of ether oxygens (including phenoxy) is 1. The Morgan fingerprint density at radius 2 is 1.97 bits per heavy atom. The number of carbonyl (C=O) groups excluding carboxylic acids is 2. The van der Waals surface area contributed by atoms with E-state index < -0.39 is 39.5 Å². The van der Waals surface area contributed by atoms with E-state index in [2.05, 4.69) is 10.0 Å². The molecule has 180 valence electrons. The van der Waals surface area contributed by atoms with Crippen molar-refractivity contribution in [1.29, 1.82) is 0 Å². The molecule has 0 aliphatic heterocycles. The first-order valence-electron chi connectivity index (χ1n) is 9.92. The van der Waals surface area contributed by atoms with E-state index in [1.807, 2.05) is 0 Å². The Balaban J connectivity index is 1.79. The van der Waals surface area contributed by atoms with Crippen molar-refractivity contribution in [3.05, 3.63) is 75.9 Å². The van der Waals surface area contributed by atoms with Crippen LogP contribution < -0.4 is 10.0 Å². The van der Waals surface area contributed by atoms with Crippen LogP contribution in [-0.4, -0.2) is 38.0 Å². The Hall–Kier alpha value is -3.15. The number of anilines is 1. The summed E-state index contributed by atoms with van der Waals surface area (Å²) in [4.78, 5) is 25.2. The van der Waals surface area contributed by atoms with Crippen LogP contribution in [0.3, 0.4) is 0 Å². The molecule has 34 heavy (non-hydrogen) atoms. The van der Waals surface area contributed by atoms with Crippen LogP contribution in [0.25, 0.3) is 0 Å². The van der Waals surface area contributed by atoms with Crippen molar-refractivity contribution in [2.45, 2.75) is 23.6 Å². The average Bonchev–Trinajstić information content (AvgIpc) is 3.32. The van der Waals surface area contributed by atoms with E-state index in [9.17, 15) is 27.5 Å². The van der Waals surface area contributed by atoms with E-state index in [0.717, 1.165) is 17.4 Å². The number of sulfonamides is 1. The first-order chi connectivity index (χ1) is 16.1. The Morgan fingerprint density at radius 3 is 2.62 bits per heavy atom. The number of rotatable bonds is 9. The van der Waals surface area contributed by atoms with Crippen LogP contribution in [0, 0.1) is 5.82 Å². The smallest absolute Gasteiger partial charge is 0.328 e. The molecule has 1 heterocycles. The molecule has 2 aromatic carbocycles. The van der Waals surface area contributed by atoms with Gasteiger partial charge in [-0.3, -0.25) is 9.52 Å². The van der Waals surface area contributed by atoms with Gasteiger partial charge in [-0.05, 0) is 42.1 Å². The summed E-state index contributed by atoms with van der Waals surface area (Å²) in [5, 5.41) is 14.2. The number of carbonyl (C=O) groups is 2. The van der Waals surface area contributed by atoms with Gasteiger partial charge >= 0.3 is 5.97 Å². The quantitative estimate of drug-likeness (QED) is 0.363. The van der Waals surface area contributed by atoms with Crippen LogP contribution in [0.1, 0.15) is 22.8 Å². The lowest BCUT2D eigenvalue weighted by Gasteiger charge is -2.18. The second kappa shape index (κ2) is 10.9. The molecule has 0 radical (unpaired) electrons. The molecule has 12 heteroatoms. The van der Waals surface area contributed by atoms with Crippen molar-refractivity contribution in [3.63, 3.8) is 0 Å². The van der Waals surface area contributed by atoms with Crippen LogP contribution in [0.2, 0.25) is 5.02 Å². The maximum absolute atomic E-state index is 14.3. The van der Waals surface area contributed by atoms with E-state index in [-0.39, 0.29) is 39.1 Å². The molecular weight excluding hydrogens is 507 g/mol.